The molecule has 1 heterocycles. The Bertz CT molecular complexity index is 778. The molecule has 3 rings (SSSR count). The Balaban J connectivity index is 1.58. The van der Waals surface area contributed by atoms with E-state index in [1.54, 1.807) is 16.8 Å². The Labute approximate surface area is 145 Å². The third kappa shape index (κ3) is 3.28. The summed E-state index contributed by atoms with van der Waals surface area (Å²) >= 11 is 5.89. The number of aryl methyl sites for hydroxylation is 2. The summed E-state index contributed by atoms with van der Waals surface area (Å²) in [7, 11) is 0. The number of benzene rings is 1. The van der Waals surface area contributed by atoms with Gasteiger partial charge in [0.1, 0.15) is 6.54 Å². The van der Waals surface area contributed by atoms with E-state index in [0.29, 0.717) is 5.02 Å². The normalized spacial score (nSPS) is 15.0. The first-order chi connectivity index (χ1) is 11.4. The molecule has 0 bridgehead atoms. The lowest BCUT2D eigenvalue weighted by atomic mass is 9.95. The highest BCUT2D eigenvalue weighted by Gasteiger charge is 2.51. The number of halogens is 1. The van der Waals surface area contributed by atoms with E-state index >= 15 is 0 Å². The van der Waals surface area contributed by atoms with Gasteiger partial charge in [-0.1, -0.05) is 23.7 Å². The van der Waals surface area contributed by atoms with Crippen molar-refractivity contribution in [2.45, 2.75) is 38.6 Å². The van der Waals surface area contributed by atoms with E-state index < -0.39 is 5.41 Å². The fourth-order valence-electron chi connectivity index (χ4n) is 2.80. The highest BCUT2D eigenvalue weighted by Crippen LogP contribution is 2.48. The lowest BCUT2D eigenvalue weighted by molar-refractivity contribution is -0.130. The van der Waals surface area contributed by atoms with Gasteiger partial charge in [-0.25, -0.2) is 0 Å². The van der Waals surface area contributed by atoms with Gasteiger partial charge in [0.05, 0.1) is 11.1 Å². The second-order valence-corrected chi connectivity index (χ2v) is 6.61. The molecule has 1 saturated carbocycles. The van der Waals surface area contributed by atoms with Gasteiger partial charge in [-0.15, -0.1) is 0 Å². The maximum absolute atomic E-state index is 12.5. The first-order valence-electron chi connectivity index (χ1n) is 7.77. The molecule has 126 valence electrons. The number of carbonyl (C=O) groups excluding carboxylic acids is 2. The van der Waals surface area contributed by atoms with E-state index in [0.717, 1.165) is 29.8 Å². The van der Waals surface area contributed by atoms with Crippen molar-refractivity contribution in [3.63, 3.8) is 0 Å². The molecule has 1 aromatic heterocycles. The number of hydrogen-bond acceptors (Lipinski definition) is 3. The molecular formula is C17H19ClN4O2. The van der Waals surface area contributed by atoms with Crippen LogP contribution in [0.2, 0.25) is 5.02 Å². The molecule has 7 heteroatoms. The molecule has 1 aliphatic carbocycles. The van der Waals surface area contributed by atoms with Crippen molar-refractivity contribution in [3.05, 3.63) is 52.3 Å². The van der Waals surface area contributed by atoms with Gasteiger partial charge in [0.15, 0.2) is 0 Å². The molecule has 1 fully saturated rings. The zero-order valence-corrected chi connectivity index (χ0v) is 14.4. The van der Waals surface area contributed by atoms with Crippen molar-refractivity contribution in [2.24, 2.45) is 0 Å². The number of nitrogens with one attached hydrogen (secondary N) is 2. The summed E-state index contributed by atoms with van der Waals surface area (Å²) in [5.74, 6) is -0.520. The van der Waals surface area contributed by atoms with Crippen LogP contribution >= 0.6 is 11.6 Å². The number of amides is 2. The van der Waals surface area contributed by atoms with Crippen molar-refractivity contribution in [3.8, 4) is 0 Å². The molecular weight excluding hydrogens is 328 g/mol. The van der Waals surface area contributed by atoms with E-state index in [1.807, 2.05) is 32.0 Å². The second-order valence-electron chi connectivity index (χ2n) is 6.18. The van der Waals surface area contributed by atoms with Crippen LogP contribution in [-0.4, -0.2) is 21.6 Å². The molecule has 0 atom stereocenters. The van der Waals surface area contributed by atoms with Crippen LogP contribution < -0.4 is 10.9 Å². The van der Waals surface area contributed by atoms with Gasteiger partial charge in [-0.3, -0.25) is 25.1 Å². The van der Waals surface area contributed by atoms with Crippen LogP contribution in [0, 0.1) is 13.8 Å². The Kier molecular flexibility index (Phi) is 4.32. The highest BCUT2D eigenvalue weighted by molar-refractivity contribution is 6.30. The number of hydrogen-bond donors (Lipinski definition) is 2. The van der Waals surface area contributed by atoms with Crippen LogP contribution in [-0.2, 0) is 21.5 Å². The predicted molar refractivity (Wildman–Crippen MR) is 90.4 cm³/mol. The average Bonchev–Trinajstić information content (AvgIpc) is 3.28. The summed E-state index contributed by atoms with van der Waals surface area (Å²) in [6.07, 6.45) is 1.52. The molecule has 24 heavy (non-hydrogen) atoms. The second kappa shape index (κ2) is 6.28. The molecule has 0 unspecified atom stereocenters. The lowest BCUT2D eigenvalue weighted by Gasteiger charge is -2.16. The molecule has 1 aromatic carbocycles. The molecule has 6 nitrogen and oxygen atoms in total. The summed E-state index contributed by atoms with van der Waals surface area (Å²) in [6, 6.07) is 9.14. The van der Waals surface area contributed by atoms with E-state index in [2.05, 4.69) is 16.0 Å². The Morgan fingerprint density at radius 2 is 1.88 bits per heavy atom. The Morgan fingerprint density at radius 1 is 1.21 bits per heavy atom. The molecule has 2 N–H and O–H groups in total. The number of rotatable bonds is 4. The molecule has 1 aliphatic rings. The third-order valence-corrected chi connectivity index (χ3v) is 4.55. The van der Waals surface area contributed by atoms with Gasteiger partial charge in [0, 0.05) is 10.7 Å². The zero-order valence-electron chi connectivity index (χ0n) is 13.6. The number of hydrazine groups is 1. The van der Waals surface area contributed by atoms with Crippen LogP contribution in [0.25, 0.3) is 0 Å². The quantitative estimate of drug-likeness (QED) is 0.832. The van der Waals surface area contributed by atoms with E-state index in [9.17, 15) is 9.59 Å². The van der Waals surface area contributed by atoms with Gasteiger partial charge in [0.25, 0.3) is 5.91 Å². The fourth-order valence-corrected chi connectivity index (χ4v) is 2.92. The molecule has 2 amide bonds. The molecule has 0 radical (unpaired) electrons. The Hall–Kier alpha value is -2.34. The van der Waals surface area contributed by atoms with Crippen LogP contribution in [0.15, 0.2) is 30.3 Å². The van der Waals surface area contributed by atoms with Crippen LogP contribution in [0.4, 0.5) is 0 Å². The minimum Gasteiger partial charge on any atom is -0.272 e. The topological polar surface area (TPSA) is 76.0 Å². The van der Waals surface area contributed by atoms with E-state index in [1.165, 1.54) is 0 Å². The maximum Gasteiger partial charge on any atom is 0.260 e. The van der Waals surface area contributed by atoms with Gasteiger partial charge in [-0.05, 0) is 50.5 Å². The monoisotopic (exact) mass is 346 g/mol. The Morgan fingerprint density at radius 3 is 2.42 bits per heavy atom. The standard InChI is InChI=1S/C17H19ClN4O2/c1-11-9-12(2)22(21-11)10-15(23)19-20-16(24)17(7-8-17)13-3-5-14(18)6-4-13/h3-6,9H,7-8,10H2,1-2H3,(H,19,23)(H,20,24). The fraction of sp³-hybridized carbons (Fsp3) is 0.353. The molecule has 0 spiro atoms. The first kappa shape index (κ1) is 16.5. The van der Waals surface area contributed by atoms with Crippen LogP contribution in [0.1, 0.15) is 29.8 Å². The number of nitrogens with zero attached hydrogens (tertiary/aromatic N) is 2. The predicted octanol–water partition coefficient (Wildman–Crippen LogP) is 2.03. The molecule has 2 aromatic rings. The van der Waals surface area contributed by atoms with E-state index in [-0.39, 0.29) is 18.4 Å². The summed E-state index contributed by atoms with van der Waals surface area (Å²) in [6.45, 7) is 3.81. The average molecular weight is 347 g/mol. The lowest BCUT2D eigenvalue weighted by Crippen LogP contribution is -2.47. The van der Waals surface area contributed by atoms with Crippen molar-refractivity contribution in [1.82, 2.24) is 20.6 Å². The zero-order chi connectivity index (χ0) is 17.3. The van der Waals surface area contributed by atoms with Crippen molar-refractivity contribution in [1.29, 1.82) is 0 Å². The summed E-state index contributed by atoms with van der Waals surface area (Å²) in [5, 5.41) is 4.86. The van der Waals surface area contributed by atoms with Gasteiger partial charge in [0.2, 0.25) is 5.91 Å². The van der Waals surface area contributed by atoms with Crippen molar-refractivity contribution >= 4 is 23.4 Å². The minimum atomic E-state index is -0.559. The smallest absolute Gasteiger partial charge is 0.260 e. The molecule has 0 aliphatic heterocycles. The summed E-state index contributed by atoms with van der Waals surface area (Å²) in [4.78, 5) is 24.5. The van der Waals surface area contributed by atoms with Crippen LogP contribution in [0.3, 0.4) is 0 Å². The number of carbonyl (C=O) groups is 2. The maximum atomic E-state index is 12.5. The van der Waals surface area contributed by atoms with E-state index in [4.69, 9.17) is 11.6 Å². The SMILES string of the molecule is Cc1cc(C)n(CC(=O)NNC(=O)C2(c3ccc(Cl)cc3)CC2)n1. The highest BCUT2D eigenvalue weighted by atomic mass is 35.5. The summed E-state index contributed by atoms with van der Waals surface area (Å²) in [5.41, 5.74) is 7.10. The van der Waals surface area contributed by atoms with Gasteiger partial charge < -0.3 is 0 Å². The summed E-state index contributed by atoms with van der Waals surface area (Å²) < 4.78 is 1.60. The van der Waals surface area contributed by atoms with Crippen LogP contribution in [0.5, 0.6) is 0 Å². The largest absolute Gasteiger partial charge is 0.272 e. The van der Waals surface area contributed by atoms with Crippen molar-refractivity contribution < 1.29 is 9.59 Å². The first-order valence-corrected chi connectivity index (χ1v) is 8.15. The van der Waals surface area contributed by atoms with Gasteiger partial charge in [-0.2, -0.15) is 5.10 Å². The van der Waals surface area contributed by atoms with Gasteiger partial charge >= 0.3 is 0 Å². The third-order valence-electron chi connectivity index (χ3n) is 4.29. The molecule has 0 saturated heterocycles. The van der Waals surface area contributed by atoms with Crippen molar-refractivity contribution in [2.75, 3.05) is 0 Å². The number of aromatic nitrogens is 2. The minimum absolute atomic E-state index is 0.0634.